The zero-order valence-electron chi connectivity index (χ0n) is 15.9. The molecular weight excluding hydrogens is 358 g/mol. The lowest BCUT2D eigenvalue weighted by Gasteiger charge is -2.11. The molecule has 1 heterocycles. The number of anilines is 1. The Labute approximate surface area is 163 Å². The third-order valence-corrected chi connectivity index (χ3v) is 5.74. The van der Waals surface area contributed by atoms with Gasteiger partial charge < -0.3 is 5.32 Å². The zero-order chi connectivity index (χ0) is 19.6. The van der Waals surface area contributed by atoms with E-state index in [2.05, 4.69) is 10.3 Å². The zero-order valence-corrected chi connectivity index (χ0v) is 16.8. The molecule has 1 aliphatic rings. The lowest BCUT2D eigenvalue weighted by molar-refractivity contribution is -0.127. The van der Waals surface area contributed by atoms with Crippen LogP contribution >= 0.6 is 11.8 Å². The molecule has 0 aromatic heterocycles. The minimum atomic E-state index is -0.456. The fraction of sp³-hybridized carbons (Fsp3) is 0.286. The van der Waals surface area contributed by atoms with E-state index in [4.69, 9.17) is 0 Å². The fourth-order valence-electron chi connectivity index (χ4n) is 2.83. The van der Waals surface area contributed by atoms with Gasteiger partial charge in [-0.25, -0.2) is 4.99 Å². The predicted octanol–water partition coefficient (Wildman–Crippen LogP) is 4.20. The highest BCUT2D eigenvalue weighted by atomic mass is 32.2. The van der Waals surface area contributed by atoms with E-state index in [-0.39, 0.29) is 18.2 Å². The van der Waals surface area contributed by atoms with Crippen molar-refractivity contribution in [2.24, 2.45) is 4.99 Å². The summed E-state index contributed by atoms with van der Waals surface area (Å²) in [7, 11) is 1.70. The van der Waals surface area contributed by atoms with Crippen LogP contribution in [0.4, 0.5) is 11.4 Å². The van der Waals surface area contributed by atoms with E-state index >= 15 is 0 Å². The van der Waals surface area contributed by atoms with Crippen LogP contribution in [0.2, 0.25) is 0 Å². The molecule has 1 aliphatic heterocycles. The number of carbonyl (C=O) groups is 2. The highest BCUT2D eigenvalue weighted by Crippen LogP contribution is 2.31. The third kappa shape index (κ3) is 4.39. The van der Waals surface area contributed by atoms with E-state index in [0.29, 0.717) is 5.17 Å². The Balaban J connectivity index is 1.71. The van der Waals surface area contributed by atoms with Crippen LogP contribution in [0.3, 0.4) is 0 Å². The van der Waals surface area contributed by atoms with Crippen molar-refractivity contribution in [3.8, 4) is 0 Å². The summed E-state index contributed by atoms with van der Waals surface area (Å²) in [5.74, 6) is -0.261. The summed E-state index contributed by atoms with van der Waals surface area (Å²) >= 11 is 1.34. The molecule has 5 nitrogen and oxygen atoms in total. The van der Waals surface area contributed by atoms with Gasteiger partial charge in [-0.05, 0) is 49.6 Å². The molecule has 2 aromatic rings. The van der Waals surface area contributed by atoms with Crippen molar-refractivity contribution < 1.29 is 9.59 Å². The second-order valence-electron chi connectivity index (χ2n) is 6.76. The van der Waals surface area contributed by atoms with Gasteiger partial charge in [0.25, 0.3) is 0 Å². The summed E-state index contributed by atoms with van der Waals surface area (Å²) < 4.78 is 0. The van der Waals surface area contributed by atoms with Crippen LogP contribution in [-0.2, 0) is 9.59 Å². The summed E-state index contributed by atoms with van der Waals surface area (Å²) in [6.45, 7) is 5.91. The number of hydrogen-bond acceptors (Lipinski definition) is 4. The summed E-state index contributed by atoms with van der Waals surface area (Å²) in [5.41, 5.74) is 4.74. The Morgan fingerprint density at radius 2 is 1.89 bits per heavy atom. The molecule has 1 fully saturated rings. The van der Waals surface area contributed by atoms with E-state index in [9.17, 15) is 9.59 Å². The monoisotopic (exact) mass is 381 g/mol. The molecule has 1 atom stereocenters. The molecule has 1 saturated heterocycles. The second-order valence-corrected chi connectivity index (χ2v) is 7.93. The van der Waals surface area contributed by atoms with Crippen LogP contribution in [0.1, 0.15) is 23.1 Å². The van der Waals surface area contributed by atoms with Crippen LogP contribution in [-0.4, -0.2) is 34.2 Å². The number of amides is 2. The number of para-hydroxylation sites is 1. The van der Waals surface area contributed by atoms with Crippen molar-refractivity contribution in [2.45, 2.75) is 32.4 Å². The number of aliphatic imine (C=N–C) groups is 1. The predicted molar refractivity (Wildman–Crippen MR) is 112 cm³/mol. The van der Waals surface area contributed by atoms with E-state index < -0.39 is 5.25 Å². The van der Waals surface area contributed by atoms with Gasteiger partial charge in [0.1, 0.15) is 5.25 Å². The van der Waals surface area contributed by atoms with Gasteiger partial charge in [-0.3, -0.25) is 14.5 Å². The standard InChI is InChI=1S/C21H23N3O2S/c1-13-9-10-15(3)17(11-13)22-19(25)12-18-20(26)24(4)21(27-18)23-16-8-6-5-7-14(16)2/h5-11,18H,12H2,1-4H3,(H,22,25)/t18-/m1/s1. The first-order valence-corrected chi connectivity index (χ1v) is 9.69. The summed E-state index contributed by atoms with van der Waals surface area (Å²) in [6, 6.07) is 13.7. The van der Waals surface area contributed by atoms with E-state index in [1.807, 2.05) is 63.2 Å². The first-order chi connectivity index (χ1) is 12.8. The number of nitrogens with zero attached hydrogens (tertiary/aromatic N) is 2. The number of hydrogen-bond donors (Lipinski definition) is 1. The Bertz CT molecular complexity index is 923. The second kappa shape index (κ2) is 7.96. The van der Waals surface area contributed by atoms with Crippen LogP contribution in [0.5, 0.6) is 0 Å². The molecule has 6 heteroatoms. The molecule has 0 bridgehead atoms. The smallest absolute Gasteiger partial charge is 0.242 e. The van der Waals surface area contributed by atoms with Crippen LogP contribution in [0, 0.1) is 20.8 Å². The molecule has 1 N–H and O–H groups in total. The molecule has 3 rings (SSSR count). The number of thioether (sulfide) groups is 1. The van der Waals surface area contributed by atoms with Gasteiger partial charge in [0.05, 0.1) is 5.69 Å². The molecule has 0 aliphatic carbocycles. The van der Waals surface area contributed by atoms with Gasteiger partial charge in [0.15, 0.2) is 5.17 Å². The van der Waals surface area contributed by atoms with Crippen molar-refractivity contribution in [1.82, 2.24) is 4.90 Å². The maximum absolute atomic E-state index is 12.5. The van der Waals surface area contributed by atoms with Gasteiger partial charge in [-0.1, -0.05) is 42.1 Å². The number of aryl methyl sites for hydroxylation is 3. The Kier molecular flexibility index (Phi) is 5.65. The van der Waals surface area contributed by atoms with Gasteiger partial charge in [0.2, 0.25) is 11.8 Å². The SMILES string of the molecule is Cc1ccc(C)c(NC(=O)C[C@H]2SC(=Nc3ccccc3C)N(C)C2=O)c1. The van der Waals surface area contributed by atoms with Gasteiger partial charge in [0, 0.05) is 19.2 Å². The fourth-order valence-corrected chi connectivity index (χ4v) is 3.98. The lowest BCUT2D eigenvalue weighted by Crippen LogP contribution is -2.30. The summed E-state index contributed by atoms with van der Waals surface area (Å²) in [4.78, 5) is 31.2. The molecule has 0 unspecified atom stereocenters. The number of benzene rings is 2. The highest BCUT2D eigenvalue weighted by Gasteiger charge is 2.37. The van der Waals surface area contributed by atoms with Crippen LogP contribution in [0.25, 0.3) is 0 Å². The molecular formula is C21H23N3O2S. The first-order valence-electron chi connectivity index (χ1n) is 8.81. The van der Waals surface area contributed by atoms with Crippen molar-refractivity contribution in [3.05, 3.63) is 59.2 Å². The molecule has 2 amide bonds. The minimum Gasteiger partial charge on any atom is -0.326 e. The minimum absolute atomic E-state index is 0.0940. The van der Waals surface area contributed by atoms with Crippen molar-refractivity contribution in [2.75, 3.05) is 12.4 Å². The van der Waals surface area contributed by atoms with Gasteiger partial charge >= 0.3 is 0 Å². The maximum Gasteiger partial charge on any atom is 0.242 e. The van der Waals surface area contributed by atoms with Crippen molar-refractivity contribution in [3.63, 3.8) is 0 Å². The lowest BCUT2D eigenvalue weighted by atomic mass is 10.1. The molecule has 2 aromatic carbocycles. The van der Waals surface area contributed by atoms with Crippen molar-refractivity contribution >= 4 is 40.1 Å². The molecule has 0 saturated carbocycles. The third-order valence-electron chi connectivity index (χ3n) is 4.51. The number of nitrogens with one attached hydrogen (secondary N) is 1. The van der Waals surface area contributed by atoms with Crippen LogP contribution < -0.4 is 5.32 Å². The van der Waals surface area contributed by atoms with Crippen molar-refractivity contribution in [1.29, 1.82) is 0 Å². The molecule has 0 spiro atoms. The average Bonchev–Trinajstić information content (AvgIpc) is 2.88. The number of carbonyl (C=O) groups excluding carboxylic acids is 2. The normalized spacial score (nSPS) is 18.2. The molecule has 0 radical (unpaired) electrons. The Hall–Kier alpha value is -2.60. The maximum atomic E-state index is 12.5. The highest BCUT2D eigenvalue weighted by molar-refractivity contribution is 8.15. The average molecular weight is 382 g/mol. The Morgan fingerprint density at radius 3 is 2.63 bits per heavy atom. The summed E-state index contributed by atoms with van der Waals surface area (Å²) in [6.07, 6.45) is 0.119. The van der Waals surface area contributed by atoms with Gasteiger partial charge in [-0.2, -0.15) is 0 Å². The summed E-state index contributed by atoms with van der Waals surface area (Å²) in [5, 5.41) is 3.09. The quantitative estimate of drug-likeness (QED) is 0.863. The molecule has 27 heavy (non-hydrogen) atoms. The van der Waals surface area contributed by atoms with Gasteiger partial charge in [-0.15, -0.1) is 0 Å². The Morgan fingerprint density at radius 1 is 1.15 bits per heavy atom. The molecule has 140 valence electrons. The van der Waals surface area contributed by atoms with E-state index in [0.717, 1.165) is 28.1 Å². The number of amidine groups is 1. The number of rotatable bonds is 4. The topological polar surface area (TPSA) is 61.8 Å². The largest absolute Gasteiger partial charge is 0.326 e. The first kappa shape index (κ1) is 19.2. The van der Waals surface area contributed by atoms with E-state index in [1.54, 1.807) is 7.05 Å². The van der Waals surface area contributed by atoms with Crippen LogP contribution in [0.15, 0.2) is 47.5 Å². The van der Waals surface area contributed by atoms with E-state index in [1.165, 1.54) is 16.7 Å².